The van der Waals surface area contributed by atoms with E-state index in [4.69, 9.17) is 10.2 Å². The highest BCUT2D eigenvalue weighted by molar-refractivity contribution is 5.90. The van der Waals surface area contributed by atoms with Gasteiger partial charge in [0.05, 0.1) is 5.41 Å². The molecule has 1 unspecified atom stereocenters. The molecule has 1 aliphatic rings. The van der Waals surface area contributed by atoms with E-state index >= 15 is 0 Å². The van der Waals surface area contributed by atoms with E-state index < -0.39 is 17.4 Å². The molecule has 0 aromatic carbocycles. The highest BCUT2D eigenvalue weighted by Crippen LogP contribution is 2.31. The van der Waals surface area contributed by atoms with Crippen molar-refractivity contribution in [1.82, 2.24) is 4.98 Å². The summed E-state index contributed by atoms with van der Waals surface area (Å²) in [5, 5.41) is 17.5. The van der Waals surface area contributed by atoms with Gasteiger partial charge in [0.1, 0.15) is 0 Å². The standard InChI is InChI=1S/C9H10O4.C7H9N/c1-9(8(12)13)4-2-3-6(5-9)7(10)11;1-2-7-5-3-4-6-8-7/h2-4H,5H2,1H3,(H,10,11)(H,12,13);3-6H,2H2,1H3. The molecular formula is C16H19NO4. The topological polar surface area (TPSA) is 87.5 Å². The van der Waals surface area contributed by atoms with E-state index in [0.29, 0.717) is 0 Å². The fourth-order valence-corrected chi connectivity index (χ4v) is 1.79. The van der Waals surface area contributed by atoms with E-state index in [1.807, 2.05) is 24.4 Å². The SMILES string of the molecule is CC1(C(=O)O)C=CC=C(C(=O)O)C1.CCc1ccccn1. The van der Waals surface area contributed by atoms with Crippen LogP contribution in [-0.2, 0) is 16.0 Å². The first-order valence-corrected chi connectivity index (χ1v) is 6.64. The Morgan fingerprint density at radius 1 is 1.33 bits per heavy atom. The van der Waals surface area contributed by atoms with Crippen LogP contribution in [0.15, 0.2) is 48.2 Å². The molecule has 5 heteroatoms. The average molecular weight is 289 g/mol. The number of carbonyl (C=O) groups is 2. The van der Waals surface area contributed by atoms with Crippen LogP contribution in [0.2, 0.25) is 0 Å². The monoisotopic (exact) mass is 289 g/mol. The van der Waals surface area contributed by atoms with Crippen LogP contribution >= 0.6 is 0 Å². The van der Waals surface area contributed by atoms with Gasteiger partial charge in [0, 0.05) is 17.5 Å². The molecule has 2 N–H and O–H groups in total. The molecule has 0 radical (unpaired) electrons. The van der Waals surface area contributed by atoms with Gasteiger partial charge in [-0.05, 0) is 31.9 Å². The molecule has 1 atom stereocenters. The molecule has 1 aromatic rings. The zero-order valence-corrected chi connectivity index (χ0v) is 12.1. The lowest BCUT2D eigenvalue weighted by molar-refractivity contribution is -0.145. The van der Waals surface area contributed by atoms with Crippen LogP contribution in [0, 0.1) is 5.41 Å². The number of hydrogen-bond donors (Lipinski definition) is 2. The van der Waals surface area contributed by atoms with E-state index in [1.165, 1.54) is 25.2 Å². The van der Waals surface area contributed by atoms with Crippen molar-refractivity contribution in [2.75, 3.05) is 0 Å². The molecule has 0 fully saturated rings. The number of pyridine rings is 1. The van der Waals surface area contributed by atoms with Crippen molar-refractivity contribution < 1.29 is 19.8 Å². The number of hydrogen-bond acceptors (Lipinski definition) is 3. The number of aliphatic carboxylic acids is 2. The van der Waals surface area contributed by atoms with Gasteiger partial charge < -0.3 is 10.2 Å². The van der Waals surface area contributed by atoms with Crippen molar-refractivity contribution >= 4 is 11.9 Å². The predicted octanol–water partition coefficient (Wildman–Crippen LogP) is 2.69. The van der Waals surface area contributed by atoms with Crippen molar-refractivity contribution in [3.05, 3.63) is 53.9 Å². The van der Waals surface area contributed by atoms with Crippen molar-refractivity contribution in [3.8, 4) is 0 Å². The Morgan fingerprint density at radius 2 is 2.05 bits per heavy atom. The Hall–Kier alpha value is -2.43. The first-order chi connectivity index (χ1) is 9.89. The maximum atomic E-state index is 10.8. The Kier molecular flexibility index (Phi) is 5.84. The summed E-state index contributed by atoms with van der Waals surface area (Å²) in [7, 11) is 0. The quantitative estimate of drug-likeness (QED) is 0.893. The lowest BCUT2D eigenvalue weighted by atomic mass is 9.80. The maximum Gasteiger partial charge on any atom is 0.331 e. The largest absolute Gasteiger partial charge is 0.481 e. The van der Waals surface area contributed by atoms with Gasteiger partial charge in [0.15, 0.2) is 0 Å². The molecule has 112 valence electrons. The molecule has 0 bridgehead atoms. The summed E-state index contributed by atoms with van der Waals surface area (Å²) in [6.45, 7) is 3.60. The number of nitrogens with zero attached hydrogens (tertiary/aromatic N) is 1. The minimum absolute atomic E-state index is 0.0359. The summed E-state index contributed by atoms with van der Waals surface area (Å²) in [4.78, 5) is 25.4. The third-order valence-corrected chi connectivity index (χ3v) is 3.17. The van der Waals surface area contributed by atoms with Gasteiger partial charge in [0.25, 0.3) is 0 Å². The zero-order valence-electron chi connectivity index (χ0n) is 12.1. The number of aryl methyl sites for hydroxylation is 1. The second-order valence-corrected chi connectivity index (χ2v) is 4.93. The van der Waals surface area contributed by atoms with Crippen molar-refractivity contribution in [2.24, 2.45) is 5.41 Å². The molecule has 1 aliphatic carbocycles. The fraction of sp³-hybridized carbons (Fsp3) is 0.312. The third kappa shape index (κ3) is 4.87. The summed E-state index contributed by atoms with van der Waals surface area (Å²) < 4.78 is 0. The Labute approximate surface area is 123 Å². The second kappa shape index (κ2) is 7.38. The summed E-state index contributed by atoms with van der Waals surface area (Å²) in [6, 6.07) is 5.96. The predicted molar refractivity (Wildman–Crippen MR) is 78.8 cm³/mol. The van der Waals surface area contributed by atoms with Crippen LogP contribution < -0.4 is 0 Å². The van der Waals surface area contributed by atoms with Crippen LogP contribution in [-0.4, -0.2) is 27.1 Å². The minimum atomic E-state index is -1.08. The van der Waals surface area contributed by atoms with E-state index in [1.54, 1.807) is 0 Å². The van der Waals surface area contributed by atoms with Crippen molar-refractivity contribution in [1.29, 1.82) is 0 Å². The summed E-state index contributed by atoms with van der Waals surface area (Å²) >= 11 is 0. The van der Waals surface area contributed by atoms with Gasteiger partial charge in [-0.2, -0.15) is 0 Å². The normalized spacial score (nSPS) is 20.0. The number of allylic oxidation sites excluding steroid dienone is 2. The summed E-state index contributed by atoms with van der Waals surface area (Å²) in [5.74, 6) is -2.06. The summed E-state index contributed by atoms with van der Waals surface area (Å²) in [6.07, 6.45) is 7.28. The minimum Gasteiger partial charge on any atom is -0.481 e. The van der Waals surface area contributed by atoms with Crippen LogP contribution in [0.1, 0.15) is 26.0 Å². The van der Waals surface area contributed by atoms with Gasteiger partial charge in [-0.1, -0.05) is 31.2 Å². The summed E-state index contributed by atoms with van der Waals surface area (Å²) in [5.41, 5.74) is 0.211. The van der Waals surface area contributed by atoms with Gasteiger partial charge in [-0.3, -0.25) is 9.78 Å². The average Bonchev–Trinajstić information content (AvgIpc) is 2.48. The highest BCUT2D eigenvalue weighted by Gasteiger charge is 2.34. The van der Waals surface area contributed by atoms with Crippen LogP contribution in [0.5, 0.6) is 0 Å². The second-order valence-electron chi connectivity index (χ2n) is 4.93. The van der Waals surface area contributed by atoms with Gasteiger partial charge in [0.2, 0.25) is 0 Å². The van der Waals surface area contributed by atoms with Crippen molar-refractivity contribution in [2.45, 2.75) is 26.7 Å². The molecule has 0 spiro atoms. The molecular weight excluding hydrogens is 270 g/mol. The van der Waals surface area contributed by atoms with Gasteiger partial charge >= 0.3 is 11.9 Å². The molecule has 0 amide bonds. The molecule has 1 aromatic heterocycles. The first kappa shape index (κ1) is 16.6. The zero-order chi connectivity index (χ0) is 15.9. The number of aromatic nitrogens is 1. The lowest BCUT2D eigenvalue weighted by Crippen LogP contribution is -2.28. The van der Waals surface area contributed by atoms with Crippen molar-refractivity contribution in [3.63, 3.8) is 0 Å². The Bertz CT molecular complexity index is 563. The van der Waals surface area contributed by atoms with Gasteiger partial charge in [-0.15, -0.1) is 0 Å². The van der Waals surface area contributed by atoms with Gasteiger partial charge in [-0.25, -0.2) is 4.79 Å². The molecule has 2 rings (SSSR count). The molecule has 1 heterocycles. The lowest BCUT2D eigenvalue weighted by Gasteiger charge is -2.23. The molecule has 0 aliphatic heterocycles. The Morgan fingerprint density at radius 3 is 2.48 bits per heavy atom. The van der Waals surface area contributed by atoms with E-state index in [-0.39, 0.29) is 12.0 Å². The maximum absolute atomic E-state index is 10.8. The molecule has 5 nitrogen and oxygen atoms in total. The van der Waals surface area contributed by atoms with E-state index in [0.717, 1.165) is 12.1 Å². The smallest absolute Gasteiger partial charge is 0.331 e. The van der Waals surface area contributed by atoms with E-state index in [2.05, 4.69) is 11.9 Å². The highest BCUT2D eigenvalue weighted by atomic mass is 16.4. The first-order valence-electron chi connectivity index (χ1n) is 6.64. The number of carboxylic acids is 2. The molecule has 21 heavy (non-hydrogen) atoms. The molecule has 0 saturated carbocycles. The number of carboxylic acid groups (broad SMARTS) is 2. The van der Waals surface area contributed by atoms with Crippen LogP contribution in [0.25, 0.3) is 0 Å². The molecule has 0 saturated heterocycles. The number of rotatable bonds is 3. The van der Waals surface area contributed by atoms with Crippen LogP contribution in [0.3, 0.4) is 0 Å². The Balaban J connectivity index is 0.000000235. The van der Waals surface area contributed by atoms with E-state index in [9.17, 15) is 9.59 Å². The van der Waals surface area contributed by atoms with Crippen LogP contribution in [0.4, 0.5) is 0 Å². The third-order valence-electron chi connectivity index (χ3n) is 3.17. The fourth-order valence-electron chi connectivity index (χ4n) is 1.79.